The van der Waals surface area contributed by atoms with Crippen molar-refractivity contribution in [1.82, 2.24) is 4.98 Å². The fourth-order valence-electron chi connectivity index (χ4n) is 1.13. The van der Waals surface area contributed by atoms with Gasteiger partial charge in [0.25, 0.3) is 6.01 Å². The Morgan fingerprint density at radius 2 is 2.38 bits per heavy atom. The van der Waals surface area contributed by atoms with E-state index in [9.17, 15) is 0 Å². The first-order valence-electron chi connectivity index (χ1n) is 4.09. The molecule has 0 atom stereocenters. The molecule has 0 bridgehead atoms. The van der Waals surface area contributed by atoms with E-state index in [0.717, 1.165) is 22.1 Å². The molecule has 0 saturated carbocycles. The first kappa shape index (κ1) is 8.56. The maximum atomic E-state index is 5.44. The highest BCUT2D eigenvalue weighted by Gasteiger charge is 2.03. The number of fused-ring (bicyclic) bond motifs is 1. The van der Waals surface area contributed by atoms with Crippen LogP contribution in [0.5, 0.6) is 0 Å². The first-order chi connectivity index (χ1) is 6.29. The van der Waals surface area contributed by atoms with Gasteiger partial charge in [0.2, 0.25) is 0 Å². The van der Waals surface area contributed by atoms with Crippen LogP contribution in [0.25, 0.3) is 11.1 Å². The summed E-state index contributed by atoms with van der Waals surface area (Å²) in [7, 11) is 0. The number of benzene rings is 1. The molecule has 1 aromatic heterocycles. The zero-order chi connectivity index (χ0) is 9.26. The number of hydrogen-bond acceptors (Lipinski definition) is 3. The van der Waals surface area contributed by atoms with Crippen molar-refractivity contribution in [2.24, 2.45) is 0 Å². The summed E-state index contributed by atoms with van der Waals surface area (Å²) < 4.78 is 6.44. The highest BCUT2D eigenvalue weighted by atomic mass is 79.9. The number of aromatic nitrogens is 1. The van der Waals surface area contributed by atoms with Crippen LogP contribution in [0.3, 0.4) is 0 Å². The second-order valence-corrected chi connectivity index (χ2v) is 3.58. The second-order valence-electron chi connectivity index (χ2n) is 2.66. The Morgan fingerprint density at radius 1 is 1.54 bits per heavy atom. The maximum Gasteiger partial charge on any atom is 0.295 e. The molecule has 3 nitrogen and oxygen atoms in total. The van der Waals surface area contributed by atoms with E-state index in [4.69, 9.17) is 4.42 Å². The van der Waals surface area contributed by atoms with Gasteiger partial charge in [-0.15, -0.1) is 0 Å². The lowest BCUT2D eigenvalue weighted by atomic mass is 10.3. The van der Waals surface area contributed by atoms with E-state index in [1.54, 1.807) is 0 Å². The van der Waals surface area contributed by atoms with Gasteiger partial charge in [0.05, 0.1) is 0 Å². The SMILES string of the molecule is CCNc1nc2ccc(Br)cc2o1. The van der Waals surface area contributed by atoms with Gasteiger partial charge in [-0.05, 0) is 25.1 Å². The standard InChI is InChI=1S/C9H9BrN2O/c1-2-11-9-12-7-4-3-6(10)5-8(7)13-9/h3-5H,2H2,1H3,(H,11,12). The molecule has 2 rings (SSSR count). The Labute approximate surface area is 84.3 Å². The monoisotopic (exact) mass is 240 g/mol. The number of hydrogen-bond donors (Lipinski definition) is 1. The molecule has 1 N–H and O–H groups in total. The summed E-state index contributed by atoms with van der Waals surface area (Å²) in [6, 6.07) is 6.35. The predicted octanol–water partition coefficient (Wildman–Crippen LogP) is 3.02. The van der Waals surface area contributed by atoms with E-state index in [1.165, 1.54) is 0 Å². The molecule has 1 heterocycles. The molecule has 68 valence electrons. The Morgan fingerprint density at radius 3 is 3.15 bits per heavy atom. The second kappa shape index (κ2) is 3.38. The molecular formula is C9H9BrN2O. The molecule has 0 aliphatic rings. The van der Waals surface area contributed by atoms with E-state index in [-0.39, 0.29) is 0 Å². The third-order valence-corrected chi connectivity index (χ3v) is 2.17. The quantitative estimate of drug-likeness (QED) is 0.878. The van der Waals surface area contributed by atoms with Crippen LogP contribution in [0.15, 0.2) is 27.1 Å². The normalized spacial score (nSPS) is 10.6. The fraction of sp³-hybridized carbons (Fsp3) is 0.222. The highest BCUT2D eigenvalue weighted by molar-refractivity contribution is 9.10. The van der Waals surface area contributed by atoms with Gasteiger partial charge in [-0.1, -0.05) is 15.9 Å². The molecule has 1 aromatic carbocycles. The molecule has 0 aliphatic heterocycles. The van der Waals surface area contributed by atoms with E-state index < -0.39 is 0 Å². The molecule has 0 fully saturated rings. The lowest BCUT2D eigenvalue weighted by Gasteiger charge is -1.91. The number of oxazole rings is 1. The summed E-state index contributed by atoms with van der Waals surface area (Å²) in [5, 5.41) is 3.02. The van der Waals surface area contributed by atoms with Crippen molar-refractivity contribution in [3.8, 4) is 0 Å². The van der Waals surface area contributed by atoms with Gasteiger partial charge in [-0.3, -0.25) is 0 Å². The topological polar surface area (TPSA) is 38.1 Å². The smallest absolute Gasteiger partial charge is 0.295 e. The predicted molar refractivity (Wildman–Crippen MR) is 55.9 cm³/mol. The van der Waals surface area contributed by atoms with Crippen molar-refractivity contribution < 1.29 is 4.42 Å². The highest BCUT2D eigenvalue weighted by Crippen LogP contribution is 2.22. The number of nitrogens with zero attached hydrogens (tertiary/aromatic N) is 1. The minimum absolute atomic E-state index is 0.579. The molecule has 0 amide bonds. The van der Waals surface area contributed by atoms with Crippen LogP contribution in [-0.2, 0) is 0 Å². The van der Waals surface area contributed by atoms with Crippen LogP contribution in [0.2, 0.25) is 0 Å². The molecular weight excluding hydrogens is 232 g/mol. The Bertz CT molecular complexity index is 424. The summed E-state index contributed by atoms with van der Waals surface area (Å²) in [6.45, 7) is 2.82. The van der Waals surface area contributed by atoms with Crippen molar-refractivity contribution >= 4 is 33.0 Å². The van der Waals surface area contributed by atoms with Gasteiger partial charge in [0.15, 0.2) is 5.58 Å². The van der Waals surface area contributed by atoms with Gasteiger partial charge in [-0.25, -0.2) is 0 Å². The molecule has 0 unspecified atom stereocenters. The summed E-state index contributed by atoms with van der Waals surface area (Å²) in [5.41, 5.74) is 1.67. The van der Waals surface area contributed by atoms with Crippen LogP contribution in [0, 0.1) is 0 Å². The number of rotatable bonds is 2. The van der Waals surface area contributed by atoms with Crippen LogP contribution in [-0.4, -0.2) is 11.5 Å². The molecule has 4 heteroatoms. The van der Waals surface area contributed by atoms with Crippen molar-refractivity contribution in [2.75, 3.05) is 11.9 Å². The molecule has 0 spiro atoms. The Hall–Kier alpha value is -1.03. The van der Waals surface area contributed by atoms with Crippen LogP contribution >= 0.6 is 15.9 Å². The Kier molecular flexibility index (Phi) is 2.22. The van der Waals surface area contributed by atoms with Crippen molar-refractivity contribution in [3.63, 3.8) is 0 Å². The van der Waals surface area contributed by atoms with Gasteiger partial charge in [0, 0.05) is 11.0 Å². The summed E-state index contributed by atoms with van der Waals surface area (Å²) >= 11 is 3.37. The minimum atomic E-state index is 0.579. The Balaban J connectivity index is 2.49. The summed E-state index contributed by atoms with van der Waals surface area (Å²) in [6.07, 6.45) is 0. The van der Waals surface area contributed by atoms with Gasteiger partial charge < -0.3 is 9.73 Å². The largest absolute Gasteiger partial charge is 0.424 e. The van der Waals surface area contributed by atoms with E-state index in [2.05, 4.69) is 26.2 Å². The van der Waals surface area contributed by atoms with Crippen LogP contribution in [0.4, 0.5) is 6.01 Å². The molecule has 13 heavy (non-hydrogen) atoms. The van der Waals surface area contributed by atoms with Crippen molar-refractivity contribution in [2.45, 2.75) is 6.92 Å². The van der Waals surface area contributed by atoms with E-state index in [0.29, 0.717) is 6.01 Å². The van der Waals surface area contributed by atoms with E-state index >= 15 is 0 Å². The molecule has 2 aromatic rings. The lowest BCUT2D eigenvalue weighted by Crippen LogP contribution is -1.95. The first-order valence-corrected chi connectivity index (χ1v) is 4.89. The number of nitrogens with one attached hydrogen (secondary N) is 1. The fourth-order valence-corrected chi connectivity index (χ4v) is 1.47. The van der Waals surface area contributed by atoms with Gasteiger partial charge in [-0.2, -0.15) is 4.98 Å². The molecule has 0 radical (unpaired) electrons. The van der Waals surface area contributed by atoms with Crippen molar-refractivity contribution in [1.29, 1.82) is 0 Å². The van der Waals surface area contributed by atoms with Crippen LogP contribution < -0.4 is 5.32 Å². The average molecular weight is 241 g/mol. The minimum Gasteiger partial charge on any atom is -0.424 e. The van der Waals surface area contributed by atoms with Gasteiger partial charge >= 0.3 is 0 Å². The zero-order valence-corrected chi connectivity index (χ0v) is 8.76. The van der Waals surface area contributed by atoms with Crippen LogP contribution in [0.1, 0.15) is 6.92 Å². The molecule has 0 aliphatic carbocycles. The maximum absolute atomic E-state index is 5.44. The number of halogens is 1. The van der Waals surface area contributed by atoms with E-state index in [1.807, 2.05) is 25.1 Å². The number of anilines is 1. The summed E-state index contributed by atoms with van der Waals surface area (Å²) in [4.78, 5) is 4.24. The van der Waals surface area contributed by atoms with Crippen molar-refractivity contribution in [3.05, 3.63) is 22.7 Å². The zero-order valence-electron chi connectivity index (χ0n) is 7.17. The third kappa shape index (κ3) is 1.67. The summed E-state index contributed by atoms with van der Waals surface area (Å²) in [5.74, 6) is 0. The van der Waals surface area contributed by atoms with Gasteiger partial charge in [0.1, 0.15) is 5.52 Å². The molecule has 0 saturated heterocycles. The third-order valence-electron chi connectivity index (χ3n) is 1.68. The lowest BCUT2D eigenvalue weighted by molar-refractivity contribution is 0.616. The average Bonchev–Trinajstić information content (AvgIpc) is 2.46.